The Morgan fingerprint density at radius 2 is 2.06 bits per heavy atom. The Balaban J connectivity index is 1.17. The normalized spacial score (nSPS) is 16.5. The van der Waals surface area contributed by atoms with Crippen molar-refractivity contribution in [3.63, 3.8) is 0 Å². The number of aromatic nitrogens is 2. The monoisotopic (exact) mass is 562 g/mol. The van der Waals surface area contributed by atoms with Crippen molar-refractivity contribution in [3.05, 3.63) is 69.5 Å². The minimum atomic E-state index is -0.00149. The third kappa shape index (κ3) is 7.31. The van der Waals surface area contributed by atoms with E-state index in [0.29, 0.717) is 31.3 Å². The number of halogens is 2. The Bertz CT molecular complexity index is 1080. The fourth-order valence-electron chi connectivity index (χ4n) is 3.97. The lowest BCUT2D eigenvalue weighted by Crippen LogP contribution is -2.43. The van der Waals surface area contributed by atoms with Gasteiger partial charge in [-0.3, -0.25) is 9.69 Å². The Kier molecular flexibility index (Phi) is 9.44. The molecule has 0 spiro atoms. The van der Waals surface area contributed by atoms with Gasteiger partial charge in [-0.05, 0) is 67.5 Å². The molecule has 1 aromatic heterocycles. The number of nitrogens with one attached hydrogen (secondary N) is 1. The molecule has 4 rings (SSSR count). The highest BCUT2D eigenvalue weighted by molar-refractivity contribution is 9.10. The molecule has 34 heavy (non-hydrogen) atoms. The first kappa shape index (κ1) is 25.2. The van der Waals surface area contributed by atoms with Crippen LogP contribution in [0.5, 0.6) is 0 Å². The maximum absolute atomic E-state index is 12.7. The highest BCUT2D eigenvalue weighted by atomic mass is 79.9. The number of carbonyl (C=O) groups excluding carboxylic acids is 1. The molecule has 3 aromatic rings. The number of likely N-dealkylation sites (tertiary alicyclic amines) is 1. The van der Waals surface area contributed by atoms with Crippen molar-refractivity contribution in [1.82, 2.24) is 20.4 Å². The van der Waals surface area contributed by atoms with Crippen LogP contribution in [0.2, 0.25) is 5.02 Å². The third-order valence-electron chi connectivity index (χ3n) is 5.79. The number of hydrogen-bond acceptors (Lipinski definition) is 6. The summed E-state index contributed by atoms with van der Waals surface area (Å²) in [4.78, 5) is 19.5. The summed E-state index contributed by atoms with van der Waals surface area (Å²) < 4.78 is 6.47. The van der Waals surface area contributed by atoms with E-state index in [4.69, 9.17) is 16.1 Å². The zero-order valence-electron chi connectivity index (χ0n) is 18.9. The van der Waals surface area contributed by atoms with Gasteiger partial charge in [0.25, 0.3) is 0 Å². The molecule has 1 N–H and O–H groups in total. The van der Waals surface area contributed by atoms with E-state index in [1.54, 1.807) is 0 Å². The van der Waals surface area contributed by atoms with Crippen LogP contribution >= 0.6 is 39.3 Å². The molecule has 1 aliphatic heterocycles. The van der Waals surface area contributed by atoms with Gasteiger partial charge in [-0.1, -0.05) is 50.9 Å². The van der Waals surface area contributed by atoms with Gasteiger partial charge in [0.2, 0.25) is 17.6 Å². The van der Waals surface area contributed by atoms with Crippen LogP contribution < -0.4 is 5.32 Å². The number of carbonyl (C=O) groups is 1. The van der Waals surface area contributed by atoms with Gasteiger partial charge in [0.05, 0.1) is 12.5 Å². The van der Waals surface area contributed by atoms with Crippen molar-refractivity contribution in [2.24, 2.45) is 5.92 Å². The second-order valence-electron chi connectivity index (χ2n) is 8.38. The second-order valence-corrected chi connectivity index (χ2v) is 10.8. The van der Waals surface area contributed by atoms with Crippen LogP contribution in [0.3, 0.4) is 0 Å². The summed E-state index contributed by atoms with van der Waals surface area (Å²) >= 11 is 11.5. The van der Waals surface area contributed by atoms with E-state index < -0.39 is 0 Å². The molecular formula is C25H28BrClN4O2S. The molecule has 0 bridgehead atoms. The molecule has 1 atom stereocenters. The molecule has 6 nitrogen and oxygen atoms in total. The molecule has 1 unspecified atom stereocenters. The summed E-state index contributed by atoms with van der Waals surface area (Å²) in [7, 11) is 0. The largest absolute Gasteiger partial charge is 0.356 e. The van der Waals surface area contributed by atoms with Crippen LogP contribution in [0.15, 0.2) is 57.5 Å². The third-order valence-corrected chi connectivity index (χ3v) is 7.78. The standard InChI is InChI=1S/C25H28BrClN4O2S/c26-21-10-8-18(9-11-21)24-29-23(33-30-24)16-31-13-3-6-19(15-31)25(32)28-12-4-14-34-17-20-5-1-2-7-22(20)27/h1-2,5,7-11,19H,3-4,6,12-17H2,(H,28,32). The zero-order chi connectivity index (χ0) is 23.8. The Morgan fingerprint density at radius 1 is 1.24 bits per heavy atom. The van der Waals surface area contributed by atoms with Crippen LogP contribution in [-0.2, 0) is 17.1 Å². The van der Waals surface area contributed by atoms with Crippen molar-refractivity contribution in [1.29, 1.82) is 0 Å². The first-order valence-electron chi connectivity index (χ1n) is 11.5. The smallest absolute Gasteiger partial charge is 0.241 e. The quantitative estimate of drug-likeness (QED) is 0.314. The number of hydrogen-bond donors (Lipinski definition) is 1. The van der Waals surface area contributed by atoms with E-state index in [-0.39, 0.29) is 11.8 Å². The van der Waals surface area contributed by atoms with Gasteiger partial charge in [0.1, 0.15) is 0 Å². The summed E-state index contributed by atoms with van der Waals surface area (Å²) in [6.07, 6.45) is 2.84. The van der Waals surface area contributed by atoms with E-state index in [9.17, 15) is 4.79 Å². The molecule has 0 radical (unpaired) electrons. The van der Waals surface area contributed by atoms with E-state index in [1.807, 2.05) is 54.2 Å². The minimum Gasteiger partial charge on any atom is -0.356 e. The lowest BCUT2D eigenvalue weighted by atomic mass is 9.97. The molecule has 0 saturated carbocycles. The Morgan fingerprint density at radius 3 is 2.88 bits per heavy atom. The van der Waals surface area contributed by atoms with E-state index >= 15 is 0 Å². The Labute approximate surface area is 218 Å². The van der Waals surface area contributed by atoms with Crippen molar-refractivity contribution in [2.75, 3.05) is 25.4 Å². The molecule has 1 aliphatic rings. The SMILES string of the molecule is O=C(NCCCSCc1ccccc1Cl)C1CCCN(Cc2nc(-c3ccc(Br)cc3)no2)C1. The molecule has 2 heterocycles. The fraction of sp³-hybridized carbons (Fsp3) is 0.400. The predicted octanol–water partition coefficient (Wildman–Crippen LogP) is 5.80. The summed E-state index contributed by atoms with van der Waals surface area (Å²) in [5.41, 5.74) is 2.07. The van der Waals surface area contributed by atoms with Gasteiger partial charge < -0.3 is 9.84 Å². The van der Waals surface area contributed by atoms with E-state index in [2.05, 4.69) is 42.4 Å². The first-order valence-corrected chi connectivity index (χ1v) is 13.8. The second kappa shape index (κ2) is 12.7. The zero-order valence-corrected chi connectivity index (χ0v) is 22.0. The van der Waals surface area contributed by atoms with Crippen LogP contribution in [0.25, 0.3) is 11.4 Å². The van der Waals surface area contributed by atoms with Crippen molar-refractivity contribution in [3.8, 4) is 11.4 Å². The topological polar surface area (TPSA) is 71.3 Å². The number of rotatable bonds is 10. The maximum Gasteiger partial charge on any atom is 0.241 e. The van der Waals surface area contributed by atoms with Crippen molar-refractivity contribution in [2.45, 2.75) is 31.6 Å². The van der Waals surface area contributed by atoms with Gasteiger partial charge in [-0.15, -0.1) is 0 Å². The van der Waals surface area contributed by atoms with Crippen LogP contribution in [0.4, 0.5) is 0 Å². The van der Waals surface area contributed by atoms with Crippen LogP contribution in [0.1, 0.15) is 30.7 Å². The first-order chi connectivity index (χ1) is 16.6. The van der Waals surface area contributed by atoms with E-state index in [1.165, 1.54) is 0 Å². The van der Waals surface area contributed by atoms with E-state index in [0.717, 1.165) is 57.9 Å². The van der Waals surface area contributed by atoms with Crippen molar-refractivity contribution < 1.29 is 9.32 Å². The number of benzene rings is 2. The molecule has 1 fully saturated rings. The molecule has 180 valence electrons. The highest BCUT2D eigenvalue weighted by Gasteiger charge is 2.26. The molecule has 2 aromatic carbocycles. The molecule has 1 amide bonds. The molecule has 1 saturated heterocycles. The number of nitrogens with zero attached hydrogens (tertiary/aromatic N) is 3. The van der Waals surface area contributed by atoms with Gasteiger partial charge in [0, 0.05) is 33.9 Å². The molecule has 9 heteroatoms. The minimum absolute atomic E-state index is 0.00149. The average Bonchev–Trinajstić information content (AvgIpc) is 3.31. The Hall–Kier alpha value is -1.87. The number of thioether (sulfide) groups is 1. The van der Waals surface area contributed by atoms with Gasteiger partial charge in [-0.2, -0.15) is 16.7 Å². The molecule has 0 aliphatic carbocycles. The highest BCUT2D eigenvalue weighted by Crippen LogP contribution is 2.23. The van der Waals surface area contributed by atoms with Gasteiger partial charge >= 0.3 is 0 Å². The maximum atomic E-state index is 12.7. The number of piperidine rings is 1. The molecular weight excluding hydrogens is 536 g/mol. The van der Waals surface area contributed by atoms with Crippen molar-refractivity contribution >= 4 is 45.2 Å². The van der Waals surface area contributed by atoms with Crippen LogP contribution in [0, 0.1) is 5.92 Å². The van der Waals surface area contributed by atoms with Gasteiger partial charge in [0.15, 0.2) is 0 Å². The summed E-state index contributed by atoms with van der Waals surface area (Å²) in [6.45, 7) is 2.90. The number of amides is 1. The van der Waals surface area contributed by atoms with Gasteiger partial charge in [-0.25, -0.2) is 0 Å². The average molecular weight is 564 g/mol. The summed E-state index contributed by atoms with van der Waals surface area (Å²) in [5.74, 6) is 3.18. The predicted molar refractivity (Wildman–Crippen MR) is 141 cm³/mol. The lowest BCUT2D eigenvalue weighted by molar-refractivity contribution is -0.126. The van der Waals surface area contributed by atoms with Crippen LogP contribution in [-0.4, -0.2) is 46.3 Å². The fourth-order valence-corrected chi connectivity index (χ4v) is 5.48. The summed E-state index contributed by atoms with van der Waals surface area (Å²) in [5, 5.41) is 8.04. The lowest BCUT2D eigenvalue weighted by Gasteiger charge is -2.30. The summed E-state index contributed by atoms with van der Waals surface area (Å²) in [6, 6.07) is 15.8.